The fraction of sp³-hybridized carbons (Fsp3) is 0.591. The van der Waals surface area contributed by atoms with Crippen LogP contribution < -0.4 is 20.5 Å². The molecule has 0 radical (unpaired) electrons. The topological polar surface area (TPSA) is 89.4 Å². The number of fused-ring (bicyclic) bond motifs is 1. The van der Waals surface area contributed by atoms with Gasteiger partial charge in [-0.1, -0.05) is 19.3 Å². The van der Waals surface area contributed by atoms with Crippen molar-refractivity contribution in [1.29, 1.82) is 0 Å². The average molecular weight is 424 g/mol. The highest BCUT2D eigenvalue weighted by Crippen LogP contribution is 2.38. The highest BCUT2D eigenvalue weighted by atomic mass is 35.5. The van der Waals surface area contributed by atoms with Crippen LogP contribution in [0.1, 0.15) is 50.6 Å². The van der Waals surface area contributed by atoms with Crippen LogP contribution in [-0.4, -0.2) is 38.2 Å². The van der Waals surface area contributed by atoms with Crippen LogP contribution in [0.15, 0.2) is 18.2 Å². The van der Waals surface area contributed by atoms with Crippen molar-refractivity contribution in [2.24, 2.45) is 11.1 Å². The molecule has 1 amide bonds. The Hall–Kier alpha value is -1.92. The van der Waals surface area contributed by atoms with E-state index in [4.69, 9.17) is 15.2 Å². The van der Waals surface area contributed by atoms with Gasteiger partial charge in [0.15, 0.2) is 0 Å². The standard InChI is InChI=1S/C22H33N3O3.ClH/c1-27-17-12-19-18(20(13-17)28-2)11-16(25-19)7-6-10-24-21(26)14-22(15-23)8-4-3-5-9-22;/h11-13,25H,3-10,14-15,23H2,1-2H3,(H,24,26);1H. The van der Waals surface area contributed by atoms with E-state index < -0.39 is 0 Å². The molecule has 6 nitrogen and oxygen atoms in total. The minimum atomic E-state index is 0. The number of nitrogens with two attached hydrogens (primary N) is 1. The molecule has 1 aliphatic carbocycles. The lowest BCUT2D eigenvalue weighted by Gasteiger charge is -2.35. The number of amides is 1. The highest BCUT2D eigenvalue weighted by Gasteiger charge is 2.32. The molecule has 1 aromatic carbocycles. The van der Waals surface area contributed by atoms with Gasteiger partial charge in [0.1, 0.15) is 11.5 Å². The number of aryl methyl sites for hydroxylation is 1. The zero-order valence-corrected chi connectivity index (χ0v) is 18.3. The van der Waals surface area contributed by atoms with Crippen LogP contribution in [0.4, 0.5) is 0 Å². The minimum Gasteiger partial charge on any atom is -0.497 e. The van der Waals surface area contributed by atoms with Crippen LogP contribution in [0.3, 0.4) is 0 Å². The number of methoxy groups -OCH3 is 2. The van der Waals surface area contributed by atoms with E-state index in [9.17, 15) is 4.79 Å². The van der Waals surface area contributed by atoms with Gasteiger partial charge in [0.05, 0.1) is 19.7 Å². The SMILES string of the molecule is COc1cc(OC)c2cc(CCCNC(=O)CC3(CN)CCCCC3)[nH]c2c1.Cl. The molecule has 0 spiro atoms. The average Bonchev–Trinajstić information content (AvgIpc) is 3.14. The lowest BCUT2D eigenvalue weighted by atomic mass is 9.71. The molecule has 0 saturated heterocycles. The van der Waals surface area contributed by atoms with Gasteiger partial charge in [0.25, 0.3) is 0 Å². The second-order valence-corrected chi connectivity index (χ2v) is 7.98. The molecule has 4 N–H and O–H groups in total. The maximum absolute atomic E-state index is 12.4. The van der Waals surface area contributed by atoms with Gasteiger partial charge < -0.3 is 25.5 Å². The lowest BCUT2D eigenvalue weighted by Crippen LogP contribution is -2.38. The minimum absolute atomic E-state index is 0. The van der Waals surface area contributed by atoms with Crippen LogP contribution in [-0.2, 0) is 11.2 Å². The molecule has 1 heterocycles. The summed E-state index contributed by atoms with van der Waals surface area (Å²) in [5.74, 6) is 1.70. The van der Waals surface area contributed by atoms with Crippen LogP contribution in [0.5, 0.6) is 11.5 Å². The third-order valence-electron chi connectivity index (χ3n) is 6.01. The van der Waals surface area contributed by atoms with Crippen LogP contribution >= 0.6 is 12.4 Å². The third-order valence-corrected chi connectivity index (χ3v) is 6.01. The molecule has 7 heteroatoms. The summed E-state index contributed by atoms with van der Waals surface area (Å²) in [6.07, 6.45) is 8.13. The van der Waals surface area contributed by atoms with Crippen molar-refractivity contribution in [2.75, 3.05) is 27.3 Å². The molecular formula is C22H34ClN3O3. The van der Waals surface area contributed by atoms with E-state index in [1.807, 2.05) is 12.1 Å². The van der Waals surface area contributed by atoms with Crippen molar-refractivity contribution in [3.8, 4) is 11.5 Å². The Morgan fingerprint density at radius 3 is 2.59 bits per heavy atom. The number of aromatic amines is 1. The molecule has 1 fully saturated rings. The van der Waals surface area contributed by atoms with Gasteiger partial charge in [-0.05, 0) is 43.7 Å². The summed E-state index contributed by atoms with van der Waals surface area (Å²) in [5, 5.41) is 4.13. The van der Waals surface area contributed by atoms with Gasteiger partial charge >= 0.3 is 0 Å². The Balaban J connectivity index is 0.00000300. The van der Waals surface area contributed by atoms with E-state index in [0.717, 1.165) is 53.8 Å². The quantitative estimate of drug-likeness (QED) is 0.532. The maximum atomic E-state index is 12.4. The summed E-state index contributed by atoms with van der Waals surface area (Å²) >= 11 is 0. The fourth-order valence-electron chi connectivity index (χ4n) is 4.32. The fourth-order valence-corrected chi connectivity index (χ4v) is 4.32. The number of carbonyl (C=O) groups excluding carboxylic acids is 1. The molecule has 1 saturated carbocycles. The molecule has 0 aliphatic heterocycles. The van der Waals surface area contributed by atoms with E-state index in [0.29, 0.717) is 19.5 Å². The Morgan fingerprint density at radius 2 is 1.93 bits per heavy atom. The Labute approximate surface area is 179 Å². The summed E-state index contributed by atoms with van der Waals surface area (Å²) in [5.41, 5.74) is 8.14. The summed E-state index contributed by atoms with van der Waals surface area (Å²) in [6.45, 7) is 1.29. The Morgan fingerprint density at radius 1 is 1.17 bits per heavy atom. The zero-order valence-electron chi connectivity index (χ0n) is 17.5. The molecule has 1 aliphatic rings. The van der Waals surface area contributed by atoms with Gasteiger partial charge in [-0.15, -0.1) is 12.4 Å². The number of H-pyrrole nitrogens is 1. The van der Waals surface area contributed by atoms with Gasteiger partial charge in [-0.3, -0.25) is 4.79 Å². The Kier molecular flexibility index (Phi) is 8.65. The van der Waals surface area contributed by atoms with Crippen molar-refractivity contribution in [2.45, 2.75) is 51.4 Å². The van der Waals surface area contributed by atoms with E-state index in [1.54, 1.807) is 14.2 Å². The second-order valence-electron chi connectivity index (χ2n) is 7.98. The smallest absolute Gasteiger partial charge is 0.220 e. The van der Waals surface area contributed by atoms with Gasteiger partial charge in [-0.25, -0.2) is 0 Å². The van der Waals surface area contributed by atoms with Crippen LogP contribution in [0, 0.1) is 5.41 Å². The number of ether oxygens (including phenoxy) is 2. The predicted octanol–water partition coefficient (Wildman–Crippen LogP) is 3.96. The first-order chi connectivity index (χ1) is 13.6. The number of carbonyl (C=O) groups is 1. The van der Waals surface area contributed by atoms with Crippen molar-refractivity contribution >= 4 is 29.2 Å². The van der Waals surface area contributed by atoms with Crippen molar-refractivity contribution < 1.29 is 14.3 Å². The molecule has 0 bridgehead atoms. The summed E-state index contributed by atoms with van der Waals surface area (Å²) in [4.78, 5) is 15.8. The van der Waals surface area contributed by atoms with Crippen LogP contribution in [0.2, 0.25) is 0 Å². The number of benzene rings is 1. The van der Waals surface area contributed by atoms with Gasteiger partial charge in [-0.2, -0.15) is 0 Å². The van der Waals surface area contributed by atoms with Crippen molar-refractivity contribution in [3.05, 3.63) is 23.9 Å². The molecule has 0 atom stereocenters. The molecule has 3 rings (SSSR count). The third kappa shape index (κ3) is 5.80. The van der Waals surface area contributed by atoms with E-state index >= 15 is 0 Å². The number of aromatic nitrogens is 1. The number of nitrogens with one attached hydrogen (secondary N) is 2. The second kappa shape index (κ2) is 10.7. The maximum Gasteiger partial charge on any atom is 0.220 e. The summed E-state index contributed by atoms with van der Waals surface area (Å²) in [6, 6.07) is 5.97. The lowest BCUT2D eigenvalue weighted by molar-refractivity contribution is -0.123. The first-order valence-electron chi connectivity index (χ1n) is 10.3. The largest absolute Gasteiger partial charge is 0.497 e. The first kappa shape index (κ1) is 23.4. The van der Waals surface area contributed by atoms with E-state index in [2.05, 4.69) is 16.4 Å². The number of hydrogen-bond acceptors (Lipinski definition) is 4. The van der Waals surface area contributed by atoms with Crippen molar-refractivity contribution in [1.82, 2.24) is 10.3 Å². The molecule has 2 aromatic rings. The van der Waals surface area contributed by atoms with Gasteiger partial charge in [0, 0.05) is 36.2 Å². The summed E-state index contributed by atoms with van der Waals surface area (Å²) < 4.78 is 10.8. The van der Waals surface area contributed by atoms with Gasteiger partial charge in [0.2, 0.25) is 5.91 Å². The number of hydrogen-bond donors (Lipinski definition) is 3. The van der Waals surface area contributed by atoms with E-state index in [1.165, 1.54) is 19.3 Å². The number of rotatable bonds is 9. The molecule has 162 valence electrons. The monoisotopic (exact) mass is 423 g/mol. The number of halogens is 1. The predicted molar refractivity (Wildman–Crippen MR) is 119 cm³/mol. The molecular weight excluding hydrogens is 390 g/mol. The summed E-state index contributed by atoms with van der Waals surface area (Å²) in [7, 11) is 3.31. The molecule has 29 heavy (non-hydrogen) atoms. The van der Waals surface area contributed by atoms with Crippen LogP contribution in [0.25, 0.3) is 10.9 Å². The molecule has 0 unspecified atom stereocenters. The first-order valence-corrected chi connectivity index (χ1v) is 10.3. The normalized spacial score (nSPS) is 15.6. The molecule has 1 aromatic heterocycles. The highest BCUT2D eigenvalue weighted by molar-refractivity contribution is 5.88. The Bertz CT molecular complexity index is 800. The zero-order chi connectivity index (χ0) is 20.0. The van der Waals surface area contributed by atoms with E-state index in [-0.39, 0.29) is 23.7 Å². The van der Waals surface area contributed by atoms with Crippen molar-refractivity contribution in [3.63, 3.8) is 0 Å².